The number of aliphatic hydroxyl groups is 1. The number of nitrogens with zero attached hydrogens (tertiary/aromatic N) is 1. The topological polar surface area (TPSA) is 71.5 Å². The van der Waals surface area contributed by atoms with Crippen LogP contribution in [0.4, 0.5) is 13.6 Å². The van der Waals surface area contributed by atoms with Gasteiger partial charge in [0.15, 0.2) is 0 Å². The second-order valence-corrected chi connectivity index (χ2v) is 7.17. The SMILES string of the molecule is CC(C)(C)OC(=O)NC(CO)c1cncc(Br)c1.Fc1ccc(F)cc1. The fourth-order valence-electron chi connectivity index (χ4n) is 1.73. The number of aliphatic hydroxyl groups excluding tert-OH is 1. The predicted molar refractivity (Wildman–Crippen MR) is 97.5 cm³/mol. The van der Waals surface area contributed by atoms with E-state index in [2.05, 4.69) is 26.2 Å². The van der Waals surface area contributed by atoms with Crippen LogP contribution in [0.15, 0.2) is 47.2 Å². The maximum absolute atomic E-state index is 11.9. The highest BCUT2D eigenvalue weighted by atomic mass is 79.9. The molecule has 0 saturated carbocycles. The molecule has 0 bridgehead atoms. The predicted octanol–water partition coefficient (Wildman–Crippen LogP) is 4.37. The summed E-state index contributed by atoms with van der Waals surface area (Å²) in [5, 5.41) is 11.9. The van der Waals surface area contributed by atoms with Crippen LogP contribution in [-0.4, -0.2) is 28.4 Å². The van der Waals surface area contributed by atoms with Gasteiger partial charge in [-0.1, -0.05) is 0 Å². The van der Waals surface area contributed by atoms with Crippen molar-refractivity contribution in [3.8, 4) is 0 Å². The lowest BCUT2D eigenvalue weighted by atomic mass is 10.1. The highest BCUT2D eigenvalue weighted by Gasteiger charge is 2.20. The summed E-state index contributed by atoms with van der Waals surface area (Å²) in [6.45, 7) is 5.11. The molecule has 2 rings (SSSR count). The monoisotopic (exact) mass is 430 g/mol. The van der Waals surface area contributed by atoms with Crippen molar-refractivity contribution >= 4 is 22.0 Å². The molecule has 26 heavy (non-hydrogen) atoms. The number of aromatic nitrogens is 1. The van der Waals surface area contributed by atoms with E-state index in [-0.39, 0.29) is 6.61 Å². The van der Waals surface area contributed by atoms with Gasteiger partial charge in [0.1, 0.15) is 17.2 Å². The van der Waals surface area contributed by atoms with Crippen molar-refractivity contribution < 1.29 is 23.4 Å². The normalized spacial score (nSPS) is 11.8. The first-order valence-corrected chi connectivity index (χ1v) is 8.52. The van der Waals surface area contributed by atoms with Crippen molar-refractivity contribution in [2.45, 2.75) is 32.4 Å². The molecule has 0 aliphatic carbocycles. The van der Waals surface area contributed by atoms with Crippen LogP contribution < -0.4 is 5.32 Å². The highest BCUT2D eigenvalue weighted by molar-refractivity contribution is 9.10. The number of benzene rings is 1. The first kappa shape index (κ1) is 22.0. The van der Waals surface area contributed by atoms with Crippen LogP contribution in [0.2, 0.25) is 0 Å². The molecule has 1 aromatic heterocycles. The van der Waals surface area contributed by atoms with E-state index >= 15 is 0 Å². The molecule has 1 unspecified atom stereocenters. The number of hydrogen-bond donors (Lipinski definition) is 2. The maximum atomic E-state index is 11.9. The standard InChI is InChI=1S/C12H17BrN2O3.C6H4F2/c1-12(2,3)18-11(17)15-10(7-16)8-4-9(13)6-14-5-8;7-5-1-2-6(8)4-3-5/h4-6,10,16H,7H2,1-3H3,(H,15,17);1-4H. The van der Waals surface area contributed by atoms with Gasteiger partial charge in [0.05, 0.1) is 12.6 Å². The van der Waals surface area contributed by atoms with Crippen molar-refractivity contribution in [1.82, 2.24) is 10.3 Å². The number of hydrogen-bond acceptors (Lipinski definition) is 4. The van der Waals surface area contributed by atoms with Crippen LogP contribution in [-0.2, 0) is 4.74 Å². The van der Waals surface area contributed by atoms with E-state index in [1.165, 1.54) is 0 Å². The molecule has 1 aromatic carbocycles. The van der Waals surface area contributed by atoms with Gasteiger partial charge in [-0.05, 0) is 72.6 Å². The Hall–Kier alpha value is -2.06. The minimum Gasteiger partial charge on any atom is -0.444 e. The molecule has 142 valence electrons. The third kappa shape index (κ3) is 8.87. The second-order valence-electron chi connectivity index (χ2n) is 6.25. The van der Waals surface area contributed by atoms with E-state index in [9.17, 15) is 18.7 Å². The van der Waals surface area contributed by atoms with Gasteiger partial charge in [0.25, 0.3) is 0 Å². The maximum Gasteiger partial charge on any atom is 0.408 e. The van der Waals surface area contributed by atoms with Gasteiger partial charge in [0, 0.05) is 16.9 Å². The molecule has 1 amide bonds. The fraction of sp³-hybridized carbons (Fsp3) is 0.333. The van der Waals surface area contributed by atoms with Crippen molar-refractivity contribution in [2.75, 3.05) is 6.61 Å². The van der Waals surface area contributed by atoms with Crippen LogP contribution in [0, 0.1) is 11.6 Å². The summed E-state index contributed by atoms with van der Waals surface area (Å²) in [7, 11) is 0. The average Bonchev–Trinajstić information content (AvgIpc) is 2.54. The third-order valence-corrected chi connectivity index (χ3v) is 3.24. The van der Waals surface area contributed by atoms with Crippen LogP contribution >= 0.6 is 15.9 Å². The molecule has 1 atom stereocenters. The number of carbonyl (C=O) groups is 1. The van der Waals surface area contributed by atoms with E-state index in [0.29, 0.717) is 5.56 Å². The highest BCUT2D eigenvalue weighted by Crippen LogP contribution is 2.17. The number of rotatable bonds is 3. The first-order valence-electron chi connectivity index (χ1n) is 7.72. The van der Waals surface area contributed by atoms with Crippen LogP contribution in [0.3, 0.4) is 0 Å². The summed E-state index contributed by atoms with van der Waals surface area (Å²) >= 11 is 3.29. The van der Waals surface area contributed by atoms with E-state index in [1.807, 2.05) is 0 Å². The Morgan fingerprint density at radius 3 is 2.19 bits per heavy atom. The van der Waals surface area contributed by atoms with Gasteiger partial charge in [-0.25, -0.2) is 13.6 Å². The lowest BCUT2D eigenvalue weighted by Crippen LogP contribution is -2.36. The van der Waals surface area contributed by atoms with E-state index in [1.54, 1.807) is 39.2 Å². The quantitative estimate of drug-likeness (QED) is 0.758. The summed E-state index contributed by atoms with van der Waals surface area (Å²) in [4.78, 5) is 15.6. The summed E-state index contributed by atoms with van der Waals surface area (Å²) in [6.07, 6.45) is 2.65. The van der Waals surface area contributed by atoms with Gasteiger partial charge in [-0.2, -0.15) is 0 Å². The van der Waals surface area contributed by atoms with Gasteiger partial charge in [0.2, 0.25) is 0 Å². The Balaban J connectivity index is 0.000000350. The molecule has 2 N–H and O–H groups in total. The fourth-order valence-corrected chi connectivity index (χ4v) is 2.12. The van der Waals surface area contributed by atoms with Crippen LogP contribution in [0.1, 0.15) is 32.4 Å². The van der Waals surface area contributed by atoms with E-state index in [0.717, 1.165) is 28.7 Å². The van der Waals surface area contributed by atoms with Gasteiger partial charge in [-0.15, -0.1) is 0 Å². The van der Waals surface area contributed by atoms with Crippen molar-refractivity contribution in [1.29, 1.82) is 0 Å². The van der Waals surface area contributed by atoms with Crippen molar-refractivity contribution in [3.05, 3.63) is 64.4 Å². The molecule has 0 aliphatic heterocycles. The zero-order valence-electron chi connectivity index (χ0n) is 14.7. The Labute approximate surface area is 159 Å². The minimum atomic E-state index is -0.570. The van der Waals surface area contributed by atoms with Gasteiger partial charge >= 0.3 is 6.09 Å². The summed E-state index contributed by atoms with van der Waals surface area (Å²) in [5.74, 6) is -0.821. The molecule has 0 aliphatic rings. The number of pyridine rings is 1. The Kier molecular flexibility index (Phi) is 8.60. The zero-order chi connectivity index (χ0) is 19.7. The molecule has 0 saturated heterocycles. The van der Waals surface area contributed by atoms with Gasteiger partial charge in [-0.3, -0.25) is 4.98 Å². The number of amides is 1. The zero-order valence-corrected chi connectivity index (χ0v) is 16.3. The number of carbonyl (C=O) groups excluding carboxylic acids is 1. The minimum absolute atomic E-state index is 0.225. The molecular weight excluding hydrogens is 410 g/mol. The molecule has 5 nitrogen and oxygen atoms in total. The molecular formula is C18H21BrF2N2O3. The Bertz CT molecular complexity index is 685. The molecule has 2 aromatic rings. The number of ether oxygens (including phenoxy) is 1. The summed E-state index contributed by atoms with van der Waals surface area (Å²) in [6, 6.07) is 5.56. The molecule has 1 heterocycles. The van der Waals surface area contributed by atoms with Crippen LogP contribution in [0.25, 0.3) is 0 Å². The van der Waals surface area contributed by atoms with Crippen molar-refractivity contribution in [3.63, 3.8) is 0 Å². The largest absolute Gasteiger partial charge is 0.444 e. The summed E-state index contributed by atoms with van der Waals surface area (Å²) < 4.78 is 29.8. The molecule has 8 heteroatoms. The third-order valence-electron chi connectivity index (χ3n) is 2.81. The van der Waals surface area contributed by atoms with E-state index in [4.69, 9.17) is 4.74 Å². The second kappa shape index (κ2) is 10.2. The lowest BCUT2D eigenvalue weighted by Gasteiger charge is -2.22. The van der Waals surface area contributed by atoms with Gasteiger partial charge < -0.3 is 15.2 Å². The molecule has 0 radical (unpaired) electrons. The number of nitrogens with one attached hydrogen (secondary N) is 1. The first-order chi connectivity index (χ1) is 12.1. The van der Waals surface area contributed by atoms with Crippen LogP contribution in [0.5, 0.6) is 0 Å². The average molecular weight is 431 g/mol. The smallest absolute Gasteiger partial charge is 0.408 e. The summed E-state index contributed by atoms with van der Waals surface area (Å²) in [5.41, 5.74) is 0.136. The van der Waals surface area contributed by atoms with Crippen molar-refractivity contribution in [2.24, 2.45) is 0 Å². The van der Waals surface area contributed by atoms with E-state index < -0.39 is 29.4 Å². The Morgan fingerprint density at radius 2 is 1.77 bits per heavy atom. The molecule has 0 fully saturated rings. The lowest BCUT2D eigenvalue weighted by molar-refractivity contribution is 0.0481. The number of halogens is 3. The Morgan fingerprint density at radius 1 is 1.23 bits per heavy atom. The number of alkyl carbamates (subject to hydrolysis) is 1. The molecule has 0 spiro atoms.